The first-order valence-corrected chi connectivity index (χ1v) is 9.25. The largest absolute Gasteiger partial charge is 0.425 e. The standard InChI is InChI=1S/C20H28N4O2/c1-14-7-9-16(10-8-14)21-19(25)24-11-5-6-15(13-24)18-23-22-17(26-18)12-20(2,3)4/h7-10,15H,5-6,11-13H2,1-4H3,(H,21,25). The molecular formula is C20H28N4O2. The predicted molar refractivity (Wildman–Crippen MR) is 101 cm³/mol. The molecule has 0 saturated carbocycles. The first-order chi connectivity index (χ1) is 12.3. The van der Waals surface area contributed by atoms with Crippen LogP contribution in [-0.2, 0) is 6.42 Å². The van der Waals surface area contributed by atoms with E-state index >= 15 is 0 Å². The van der Waals surface area contributed by atoms with E-state index in [1.54, 1.807) is 0 Å². The molecule has 1 atom stereocenters. The summed E-state index contributed by atoms with van der Waals surface area (Å²) in [7, 11) is 0. The Morgan fingerprint density at radius 1 is 1.27 bits per heavy atom. The number of nitrogens with one attached hydrogen (secondary N) is 1. The monoisotopic (exact) mass is 356 g/mol. The van der Waals surface area contributed by atoms with Crippen molar-refractivity contribution in [1.29, 1.82) is 0 Å². The van der Waals surface area contributed by atoms with Crippen molar-refractivity contribution in [2.24, 2.45) is 5.41 Å². The normalized spacial score (nSPS) is 18.0. The second-order valence-corrected chi connectivity index (χ2v) is 8.35. The highest BCUT2D eigenvalue weighted by Gasteiger charge is 2.29. The lowest BCUT2D eigenvalue weighted by atomic mass is 9.92. The topological polar surface area (TPSA) is 71.3 Å². The maximum atomic E-state index is 12.6. The molecule has 1 unspecified atom stereocenters. The Bertz CT molecular complexity index is 746. The van der Waals surface area contributed by atoms with Crippen LogP contribution in [-0.4, -0.2) is 34.2 Å². The zero-order valence-electron chi connectivity index (χ0n) is 16.1. The lowest BCUT2D eigenvalue weighted by molar-refractivity contribution is 0.186. The molecule has 3 rings (SSSR count). The number of benzene rings is 1. The van der Waals surface area contributed by atoms with Gasteiger partial charge in [0, 0.05) is 25.2 Å². The lowest BCUT2D eigenvalue weighted by Crippen LogP contribution is -2.41. The highest BCUT2D eigenvalue weighted by molar-refractivity contribution is 5.89. The van der Waals surface area contributed by atoms with Gasteiger partial charge in [-0.1, -0.05) is 38.5 Å². The summed E-state index contributed by atoms with van der Waals surface area (Å²) in [5.74, 6) is 1.43. The van der Waals surface area contributed by atoms with Crippen molar-refractivity contribution in [2.75, 3.05) is 18.4 Å². The van der Waals surface area contributed by atoms with E-state index in [0.717, 1.165) is 31.5 Å². The molecule has 6 nitrogen and oxygen atoms in total. The molecule has 0 radical (unpaired) electrons. The number of likely N-dealkylation sites (tertiary alicyclic amines) is 1. The zero-order chi connectivity index (χ0) is 18.7. The second kappa shape index (κ2) is 7.48. The molecule has 1 aromatic carbocycles. The molecule has 1 aromatic heterocycles. The smallest absolute Gasteiger partial charge is 0.321 e. The molecular weight excluding hydrogens is 328 g/mol. The average Bonchev–Trinajstić information content (AvgIpc) is 3.03. The molecule has 1 aliphatic heterocycles. The number of hydrogen-bond acceptors (Lipinski definition) is 4. The van der Waals surface area contributed by atoms with E-state index in [2.05, 4.69) is 36.3 Å². The van der Waals surface area contributed by atoms with Crippen LogP contribution in [0.25, 0.3) is 0 Å². The highest BCUT2D eigenvalue weighted by atomic mass is 16.4. The van der Waals surface area contributed by atoms with E-state index in [-0.39, 0.29) is 17.4 Å². The molecule has 0 spiro atoms. The Balaban J connectivity index is 1.61. The second-order valence-electron chi connectivity index (χ2n) is 8.35. The van der Waals surface area contributed by atoms with Crippen molar-refractivity contribution in [1.82, 2.24) is 15.1 Å². The number of carbonyl (C=O) groups excluding carboxylic acids is 1. The van der Waals surface area contributed by atoms with Gasteiger partial charge in [0.15, 0.2) is 0 Å². The molecule has 2 heterocycles. The van der Waals surface area contributed by atoms with E-state index in [1.807, 2.05) is 36.1 Å². The number of urea groups is 1. The van der Waals surface area contributed by atoms with Crippen molar-refractivity contribution in [3.8, 4) is 0 Å². The number of rotatable bonds is 3. The molecule has 1 aliphatic rings. The van der Waals surface area contributed by atoms with E-state index in [4.69, 9.17) is 4.42 Å². The third-order valence-corrected chi connectivity index (χ3v) is 4.52. The fourth-order valence-corrected chi connectivity index (χ4v) is 3.16. The van der Waals surface area contributed by atoms with Gasteiger partial charge in [-0.05, 0) is 37.3 Å². The Kier molecular flexibility index (Phi) is 5.30. The maximum absolute atomic E-state index is 12.6. The quantitative estimate of drug-likeness (QED) is 0.886. The van der Waals surface area contributed by atoms with Gasteiger partial charge in [-0.25, -0.2) is 4.79 Å². The lowest BCUT2D eigenvalue weighted by Gasteiger charge is -2.31. The Morgan fingerprint density at radius 3 is 2.69 bits per heavy atom. The van der Waals surface area contributed by atoms with Crippen molar-refractivity contribution in [3.05, 3.63) is 41.6 Å². The summed E-state index contributed by atoms with van der Waals surface area (Å²) < 4.78 is 5.88. The van der Waals surface area contributed by atoms with Gasteiger partial charge >= 0.3 is 6.03 Å². The highest BCUT2D eigenvalue weighted by Crippen LogP contribution is 2.28. The van der Waals surface area contributed by atoms with Crippen LogP contribution in [0.1, 0.15) is 56.9 Å². The number of anilines is 1. The zero-order valence-corrected chi connectivity index (χ0v) is 16.1. The maximum Gasteiger partial charge on any atom is 0.321 e. The number of aryl methyl sites for hydroxylation is 1. The van der Waals surface area contributed by atoms with E-state index in [9.17, 15) is 4.79 Å². The van der Waals surface area contributed by atoms with Crippen LogP contribution in [0.4, 0.5) is 10.5 Å². The van der Waals surface area contributed by atoms with Crippen molar-refractivity contribution in [3.63, 3.8) is 0 Å². The van der Waals surface area contributed by atoms with Gasteiger partial charge in [-0.15, -0.1) is 10.2 Å². The molecule has 0 aliphatic carbocycles. The summed E-state index contributed by atoms with van der Waals surface area (Å²) in [6, 6.07) is 7.75. The van der Waals surface area contributed by atoms with Crippen molar-refractivity contribution in [2.45, 2.75) is 52.9 Å². The van der Waals surface area contributed by atoms with Gasteiger partial charge in [0.2, 0.25) is 11.8 Å². The van der Waals surface area contributed by atoms with Gasteiger partial charge in [-0.2, -0.15) is 0 Å². The van der Waals surface area contributed by atoms with Gasteiger partial charge in [0.05, 0.1) is 5.92 Å². The summed E-state index contributed by atoms with van der Waals surface area (Å²) >= 11 is 0. The molecule has 140 valence electrons. The summed E-state index contributed by atoms with van der Waals surface area (Å²) in [5, 5.41) is 11.4. The Hall–Kier alpha value is -2.37. The molecule has 2 aromatic rings. The van der Waals surface area contributed by atoms with Crippen LogP contribution in [0.15, 0.2) is 28.7 Å². The predicted octanol–water partition coefficient (Wildman–Crippen LogP) is 4.38. The molecule has 1 fully saturated rings. The first-order valence-electron chi connectivity index (χ1n) is 9.25. The number of nitrogens with zero attached hydrogens (tertiary/aromatic N) is 3. The number of hydrogen-bond donors (Lipinski definition) is 1. The summed E-state index contributed by atoms with van der Waals surface area (Å²) in [6.07, 6.45) is 2.65. The van der Waals surface area contributed by atoms with Crippen LogP contribution in [0, 0.1) is 12.3 Å². The summed E-state index contributed by atoms with van der Waals surface area (Å²) in [5.41, 5.74) is 2.09. The molecule has 1 saturated heterocycles. The number of aromatic nitrogens is 2. The van der Waals surface area contributed by atoms with Crippen molar-refractivity contribution < 1.29 is 9.21 Å². The third-order valence-electron chi connectivity index (χ3n) is 4.52. The van der Waals surface area contributed by atoms with E-state index in [0.29, 0.717) is 18.3 Å². The Labute approximate surface area is 155 Å². The van der Waals surface area contributed by atoms with Crippen LogP contribution in [0.3, 0.4) is 0 Å². The third kappa shape index (κ3) is 4.84. The molecule has 1 N–H and O–H groups in total. The fourth-order valence-electron chi connectivity index (χ4n) is 3.16. The molecule has 6 heteroatoms. The van der Waals surface area contributed by atoms with Gasteiger partial charge in [0.25, 0.3) is 0 Å². The average molecular weight is 356 g/mol. The summed E-state index contributed by atoms with van der Waals surface area (Å²) in [4.78, 5) is 14.4. The molecule has 2 amide bonds. The number of piperidine rings is 1. The van der Waals surface area contributed by atoms with Gasteiger partial charge in [-0.3, -0.25) is 0 Å². The summed E-state index contributed by atoms with van der Waals surface area (Å²) in [6.45, 7) is 9.82. The van der Waals surface area contributed by atoms with Gasteiger partial charge < -0.3 is 14.6 Å². The minimum atomic E-state index is -0.0759. The van der Waals surface area contributed by atoms with Gasteiger partial charge in [0.1, 0.15) is 0 Å². The minimum Gasteiger partial charge on any atom is -0.425 e. The Morgan fingerprint density at radius 2 is 2.00 bits per heavy atom. The fraction of sp³-hybridized carbons (Fsp3) is 0.550. The van der Waals surface area contributed by atoms with Crippen LogP contribution < -0.4 is 5.32 Å². The molecule has 26 heavy (non-hydrogen) atoms. The first kappa shape index (κ1) is 18.4. The SMILES string of the molecule is Cc1ccc(NC(=O)N2CCCC(c3nnc(CC(C)(C)C)o3)C2)cc1. The number of amides is 2. The van der Waals surface area contributed by atoms with E-state index < -0.39 is 0 Å². The van der Waals surface area contributed by atoms with Crippen molar-refractivity contribution >= 4 is 11.7 Å². The number of carbonyl (C=O) groups is 1. The van der Waals surface area contributed by atoms with Crippen LogP contribution >= 0.6 is 0 Å². The van der Waals surface area contributed by atoms with Crippen LogP contribution in [0.5, 0.6) is 0 Å². The minimum absolute atomic E-state index is 0.0759. The van der Waals surface area contributed by atoms with E-state index in [1.165, 1.54) is 5.56 Å². The molecule has 0 bridgehead atoms. The van der Waals surface area contributed by atoms with Crippen LogP contribution in [0.2, 0.25) is 0 Å².